The van der Waals surface area contributed by atoms with Gasteiger partial charge in [-0.2, -0.15) is 0 Å². The van der Waals surface area contributed by atoms with Crippen molar-refractivity contribution < 1.29 is 4.79 Å². The third kappa shape index (κ3) is 4.37. The largest absolute Gasteiger partial charge is 0.342 e. The molecule has 1 aliphatic heterocycles. The summed E-state index contributed by atoms with van der Waals surface area (Å²) in [6.45, 7) is 3.57. The predicted octanol–water partition coefficient (Wildman–Crippen LogP) is 2.53. The summed E-state index contributed by atoms with van der Waals surface area (Å²) in [7, 11) is 0. The molecule has 0 saturated carbocycles. The molecule has 0 bridgehead atoms. The van der Waals surface area contributed by atoms with Crippen LogP contribution < -0.4 is 5.73 Å². The second-order valence-electron chi connectivity index (χ2n) is 5.93. The smallest absolute Gasteiger partial charge is 0.223 e. The van der Waals surface area contributed by atoms with Crippen molar-refractivity contribution in [2.24, 2.45) is 11.7 Å². The van der Waals surface area contributed by atoms with Gasteiger partial charge < -0.3 is 15.6 Å². The van der Waals surface area contributed by atoms with Crippen molar-refractivity contribution in [3.05, 3.63) is 30.1 Å². The Morgan fingerprint density at radius 1 is 1.39 bits per heavy atom. The van der Waals surface area contributed by atoms with Crippen molar-refractivity contribution in [1.82, 2.24) is 14.9 Å². The molecule has 1 saturated heterocycles. The molecule has 23 heavy (non-hydrogen) atoms. The molecule has 2 heterocycles. The standard InChI is InChI=1S/C16H22N4O.2ClH/c1-11-8-12(9-17)10-20(11)16(21)7-6-15-18-13-4-2-3-5-14(13)19-15;;/h2-5,11-12H,6-10,17H2,1H3,(H,18,19);2*1H. The molecule has 1 aromatic carbocycles. The number of benzene rings is 1. The zero-order valence-electron chi connectivity index (χ0n) is 13.2. The third-order valence-electron chi connectivity index (χ3n) is 4.33. The van der Waals surface area contributed by atoms with Crippen LogP contribution in [0, 0.1) is 5.92 Å². The Bertz CT molecular complexity index is 613. The van der Waals surface area contributed by atoms with E-state index in [9.17, 15) is 4.79 Å². The van der Waals surface area contributed by atoms with Crippen molar-refractivity contribution in [2.45, 2.75) is 32.2 Å². The fourth-order valence-corrected chi connectivity index (χ4v) is 3.15. The second kappa shape index (κ2) is 8.52. The highest BCUT2D eigenvalue weighted by atomic mass is 35.5. The number of nitrogens with two attached hydrogens (primary N) is 1. The SMILES string of the molecule is CC1CC(CN)CN1C(=O)CCc1nc2ccccc2[nH]1.Cl.Cl. The van der Waals surface area contributed by atoms with E-state index >= 15 is 0 Å². The average Bonchev–Trinajstić information content (AvgIpc) is 3.07. The van der Waals surface area contributed by atoms with Gasteiger partial charge in [-0.1, -0.05) is 12.1 Å². The quantitative estimate of drug-likeness (QED) is 0.881. The minimum absolute atomic E-state index is 0. The number of fused-ring (bicyclic) bond motifs is 1. The van der Waals surface area contributed by atoms with E-state index in [1.807, 2.05) is 29.2 Å². The molecule has 0 spiro atoms. The van der Waals surface area contributed by atoms with Crippen LogP contribution in [0.25, 0.3) is 11.0 Å². The van der Waals surface area contributed by atoms with Crippen LogP contribution in [-0.4, -0.2) is 39.9 Å². The molecule has 2 aromatic rings. The number of imidazole rings is 1. The maximum absolute atomic E-state index is 12.3. The van der Waals surface area contributed by atoms with Crippen LogP contribution in [0.15, 0.2) is 24.3 Å². The Balaban J connectivity index is 0.00000132. The fourth-order valence-electron chi connectivity index (χ4n) is 3.15. The van der Waals surface area contributed by atoms with Crippen LogP contribution in [0.2, 0.25) is 0 Å². The maximum atomic E-state index is 12.3. The van der Waals surface area contributed by atoms with Gasteiger partial charge >= 0.3 is 0 Å². The Kier molecular flexibility index (Phi) is 7.32. The number of aromatic amines is 1. The normalized spacial score (nSPS) is 20.2. The number of amides is 1. The topological polar surface area (TPSA) is 75.0 Å². The third-order valence-corrected chi connectivity index (χ3v) is 4.33. The number of aryl methyl sites for hydroxylation is 1. The van der Waals surface area contributed by atoms with E-state index in [1.54, 1.807) is 0 Å². The molecule has 1 aliphatic rings. The summed E-state index contributed by atoms with van der Waals surface area (Å²) in [4.78, 5) is 22.1. The lowest BCUT2D eigenvalue weighted by molar-refractivity contribution is -0.131. The predicted molar refractivity (Wildman–Crippen MR) is 97.2 cm³/mol. The molecule has 2 atom stereocenters. The Morgan fingerprint density at radius 3 is 2.78 bits per heavy atom. The number of para-hydroxylation sites is 2. The van der Waals surface area contributed by atoms with Gasteiger partial charge in [-0.05, 0) is 37.9 Å². The number of nitrogens with zero attached hydrogens (tertiary/aromatic N) is 2. The first-order valence-corrected chi connectivity index (χ1v) is 7.60. The van der Waals surface area contributed by atoms with Crippen molar-refractivity contribution in [2.75, 3.05) is 13.1 Å². The van der Waals surface area contributed by atoms with Crippen LogP contribution in [0.5, 0.6) is 0 Å². The van der Waals surface area contributed by atoms with Gasteiger partial charge in [-0.3, -0.25) is 4.79 Å². The first kappa shape index (κ1) is 19.7. The monoisotopic (exact) mass is 358 g/mol. The summed E-state index contributed by atoms with van der Waals surface area (Å²) in [6.07, 6.45) is 2.18. The van der Waals surface area contributed by atoms with Gasteiger partial charge in [-0.15, -0.1) is 24.8 Å². The fraction of sp³-hybridized carbons (Fsp3) is 0.500. The van der Waals surface area contributed by atoms with Crippen molar-refractivity contribution in [3.8, 4) is 0 Å². The van der Waals surface area contributed by atoms with Crippen LogP contribution in [0.3, 0.4) is 0 Å². The second-order valence-corrected chi connectivity index (χ2v) is 5.93. The molecule has 7 heteroatoms. The average molecular weight is 359 g/mol. The summed E-state index contributed by atoms with van der Waals surface area (Å²) in [5, 5.41) is 0. The van der Waals surface area contributed by atoms with E-state index in [0.29, 0.717) is 31.3 Å². The molecule has 0 radical (unpaired) electrons. The van der Waals surface area contributed by atoms with Gasteiger partial charge in [0.25, 0.3) is 0 Å². The number of carbonyl (C=O) groups is 1. The molecule has 2 unspecified atom stereocenters. The molecule has 3 N–H and O–H groups in total. The Labute approximate surface area is 148 Å². The van der Waals surface area contributed by atoms with Gasteiger partial charge in [0, 0.05) is 25.4 Å². The van der Waals surface area contributed by atoms with Gasteiger partial charge in [-0.25, -0.2) is 4.98 Å². The highest BCUT2D eigenvalue weighted by Crippen LogP contribution is 2.23. The minimum atomic E-state index is 0. The lowest BCUT2D eigenvalue weighted by Gasteiger charge is -2.21. The minimum Gasteiger partial charge on any atom is -0.342 e. The van der Waals surface area contributed by atoms with E-state index in [0.717, 1.165) is 29.8 Å². The van der Waals surface area contributed by atoms with Gasteiger partial charge in [0.05, 0.1) is 11.0 Å². The molecule has 128 valence electrons. The first-order chi connectivity index (χ1) is 10.2. The number of aromatic nitrogens is 2. The molecule has 1 fully saturated rings. The lowest BCUT2D eigenvalue weighted by Crippen LogP contribution is -2.34. The Morgan fingerprint density at radius 2 is 2.13 bits per heavy atom. The van der Waals surface area contributed by atoms with E-state index in [-0.39, 0.29) is 30.7 Å². The molecule has 1 aromatic heterocycles. The summed E-state index contributed by atoms with van der Waals surface area (Å²) in [6, 6.07) is 8.24. The number of carbonyl (C=O) groups excluding carboxylic acids is 1. The molecular formula is C16H24Cl2N4O. The van der Waals surface area contributed by atoms with Crippen LogP contribution in [-0.2, 0) is 11.2 Å². The van der Waals surface area contributed by atoms with Crippen LogP contribution in [0.1, 0.15) is 25.6 Å². The highest BCUT2D eigenvalue weighted by molar-refractivity contribution is 5.85. The van der Waals surface area contributed by atoms with Crippen LogP contribution in [0.4, 0.5) is 0 Å². The van der Waals surface area contributed by atoms with Crippen molar-refractivity contribution >= 4 is 41.8 Å². The number of hydrogen-bond acceptors (Lipinski definition) is 3. The summed E-state index contributed by atoms with van der Waals surface area (Å²) < 4.78 is 0. The lowest BCUT2D eigenvalue weighted by atomic mass is 10.1. The van der Waals surface area contributed by atoms with Crippen molar-refractivity contribution in [3.63, 3.8) is 0 Å². The van der Waals surface area contributed by atoms with E-state index in [2.05, 4.69) is 16.9 Å². The first-order valence-electron chi connectivity index (χ1n) is 7.60. The van der Waals surface area contributed by atoms with Gasteiger partial charge in [0.2, 0.25) is 5.91 Å². The number of hydrogen-bond donors (Lipinski definition) is 2. The molecule has 3 rings (SSSR count). The number of halogens is 2. The number of rotatable bonds is 4. The molecule has 5 nitrogen and oxygen atoms in total. The van der Waals surface area contributed by atoms with Gasteiger partial charge in [0.15, 0.2) is 0 Å². The molecule has 1 amide bonds. The molecule has 0 aliphatic carbocycles. The van der Waals surface area contributed by atoms with Crippen molar-refractivity contribution in [1.29, 1.82) is 0 Å². The zero-order valence-corrected chi connectivity index (χ0v) is 14.8. The summed E-state index contributed by atoms with van der Waals surface area (Å²) in [5.74, 6) is 1.54. The number of H-pyrrole nitrogens is 1. The van der Waals surface area contributed by atoms with Crippen LogP contribution >= 0.6 is 24.8 Å². The van der Waals surface area contributed by atoms with E-state index < -0.39 is 0 Å². The summed E-state index contributed by atoms with van der Waals surface area (Å²) >= 11 is 0. The molecular weight excluding hydrogens is 335 g/mol. The highest BCUT2D eigenvalue weighted by Gasteiger charge is 2.31. The zero-order chi connectivity index (χ0) is 14.8. The summed E-state index contributed by atoms with van der Waals surface area (Å²) in [5.41, 5.74) is 7.70. The number of likely N-dealkylation sites (tertiary alicyclic amines) is 1. The van der Waals surface area contributed by atoms with E-state index in [4.69, 9.17) is 5.73 Å². The number of nitrogens with one attached hydrogen (secondary N) is 1. The van der Waals surface area contributed by atoms with Gasteiger partial charge in [0.1, 0.15) is 5.82 Å². The Hall–Kier alpha value is -1.30. The maximum Gasteiger partial charge on any atom is 0.223 e. The van der Waals surface area contributed by atoms with E-state index in [1.165, 1.54) is 0 Å².